The molecule has 0 atom stereocenters. The lowest BCUT2D eigenvalue weighted by Crippen LogP contribution is -2.44. The van der Waals surface area contributed by atoms with Gasteiger partial charge in [0.2, 0.25) is 0 Å². The lowest BCUT2D eigenvalue weighted by molar-refractivity contribution is -0.384. The first-order valence-electron chi connectivity index (χ1n) is 11.0. The quantitative estimate of drug-likeness (QED) is 0.386. The summed E-state index contributed by atoms with van der Waals surface area (Å²) >= 11 is 12.1. The molecule has 182 valence electrons. The first-order chi connectivity index (χ1) is 15.9. The van der Waals surface area contributed by atoms with Gasteiger partial charge in [-0.1, -0.05) is 50.9 Å². The summed E-state index contributed by atoms with van der Waals surface area (Å²) in [5.74, 6) is -0.0690. The van der Waals surface area contributed by atoms with Crippen molar-refractivity contribution >= 4 is 40.5 Å². The van der Waals surface area contributed by atoms with Crippen molar-refractivity contribution in [3.63, 3.8) is 0 Å². The highest BCUT2D eigenvalue weighted by atomic mass is 35.5. The van der Waals surface area contributed by atoms with Gasteiger partial charge >= 0.3 is 0 Å². The molecule has 0 unspecified atom stereocenters. The van der Waals surface area contributed by atoms with Crippen LogP contribution in [0.15, 0.2) is 36.4 Å². The van der Waals surface area contributed by atoms with Crippen molar-refractivity contribution < 1.29 is 14.5 Å². The van der Waals surface area contributed by atoms with Crippen molar-refractivity contribution in [1.82, 2.24) is 10.2 Å². The fourth-order valence-corrected chi connectivity index (χ4v) is 3.33. The lowest BCUT2D eigenvalue weighted by atomic mass is 10.1. The van der Waals surface area contributed by atoms with E-state index in [0.717, 1.165) is 32.7 Å². The minimum atomic E-state index is -0.557. The number of carbonyl (C=O) groups excluding carboxylic acids is 1. The van der Waals surface area contributed by atoms with Crippen molar-refractivity contribution in [1.29, 1.82) is 0 Å². The number of nitrogens with zero attached hydrogens (tertiary/aromatic N) is 2. The van der Waals surface area contributed by atoms with E-state index in [1.165, 1.54) is 24.3 Å². The molecule has 0 saturated carbocycles. The molecular weight excluding hydrogens is 467 g/mol. The van der Waals surface area contributed by atoms with Gasteiger partial charge in [-0.05, 0) is 24.3 Å². The minimum Gasteiger partial charge on any atom is -0.491 e. The molecule has 0 radical (unpaired) electrons. The second-order valence-corrected chi connectivity index (χ2v) is 7.30. The Morgan fingerprint density at radius 2 is 1.79 bits per heavy atom. The van der Waals surface area contributed by atoms with Gasteiger partial charge in [0.05, 0.1) is 21.2 Å². The van der Waals surface area contributed by atoms with Gasteiger partial charge < -0.3 is 15.4 Å². The van der Waals surface area contributed by atoms with E-state index in [2.05, 4.69) is 15.5 Å². The number of ether oxygens (including phenoxy) is 1. The van der Waals surface area contributed by atoms with Crippen LogP contribution in [0.2, 0.25) is 10.0 Å². The summed E-state index contributed by atoms with van der Waals surface area (Å²) in [4.78, 5) is 25.3. The van der Waals surface area contributed by atoms with Gasteiger partial charge in [-0.25, -0.2) is 0 Å². The molecule has 1 aliphatic rings. The van der Waals surface area contributed by atoms with Crippen LogP contribution in [-0.4, -0.2) is 55.1 Å². The SMILES string of the molecule is CC.CC.O=C(Nc1ccc([N+](=O)[O-])cc1Cl)c1cc(Cl)ccc1OCCN1CCNCC1. The zero-order valence-corrected chi connectivity index (χ0v) is 21.0. The Bertz CT molecular complexity index is 906. The average molecular weight is 499 g/mol. The van der Waals surface area contributed by atoms with Crippen LogP contribution in [-0.2, 0) is 0 Å². The van der Waals surface area contributed by atoms with Gasteiger partial charge in [0.25, 0.3) is 11.6 Å². The van der Waals surface area contributed by atoms with E-state index in [1.807, 2.05) is 27.7 Å². The third-order valence-electron chi connectivity index (χ3n) is 4.47. The maximum absolute atomic E-state index is 12.8. The summed E-state index contributed by atoms with van der Waals surface area (Å²) in [5.41, 5.74) is 0.355. The number of amides is 1. The van der Waals surface area contributed by atoms with E-state index in [9.17, 15) is 14.9 Å². The molecular formula is C23H32Cl2N4O4. The van der Waals surface area contributed by atoms with Crippen LogP contribution in [0.1, 0.15) is 38.1 Å². The fraction of sp³-hybridized carbons (Fsp3) is 0.435. The molecule has 0 spiro atoms. The van der Waals surface area contributed by atoms with Crippen LogP contribution in [0.5, 0.6) is 5.75 Å². The highest BCUT2D eigenvalue weighted by molar-refractivity contribution is 6.34. The number of rotatable bonds is 7. The molecule has 0 bridgehead atoms. The van der Waals surface area contributed by atoms with E-state index in [4.69, 9.17) is 27.9 Å². The summed E-state index contributed by atoms with van der Waals surface area (Å²) in [6.45, 7) is 13.0. The predicted octanol–water partition coefficient (Wildman–Crippen LogP) is 5.49. The Kier molecular flexibility index (Phi) is 13.4. The van der Waals surface area contributed by atoms with Crippen LogP contribution < -0.4 is 15.4 Å². The van der Waals surface area contributed by atoms with E-state index in [-0.39, 0.29) is 22.0 Å². The highest BCUT2D eigenvalue weighted by Crippen LogP contribution is 2.29. The van der Waals surface area contributed by atoms with Crippen LogP contribution in [0.25, 0.3) is 0 Å². The second kappa shape index (κ2) is 15.4. The Morgan fingerprint density at radius 3 is 2.39 bits per heavy atom. The maximum atomic E-state index is 12.8. The van der Waals surface area contributed by atoms with Gasteiger partial charge in [-0.2, -0.15) is 0 Å². The predicted molar refractivity (Wildman–Crippen MR) is 135 cm³/mol. The number of nitro groups is 1. The standard InChI is InChI=1S/C19H20Cl2N4O4.2C2H6/c20-13-1-4-18(29-10-9-24-7-5-22-6-8-24)15(11-13)19(26)23-17-3-2-14(25(27)28)12-16(17)21;2*1-2/h1-4,11-12,22H,5-10H2,(H,23,26);2*1-2H3. The normalized spacial score (nSPS) is 13.0. The van der Waals surface area contributed by atoms with Gasteiger partial charge in [0.15, 0.2) is 0 Å². The number of hydrogen-bond donors (Lipinski definition) is 2. The zero-order chi connectivity index (χ0) is 24.8. The molecule has 1 aliphatic heterocycles. The average Bonchev–Trinajstić information content (AvgIpc) is 2.84. The number of non-ortho nitro benzene ring substituents is 1. The maximum Gasteiger partial charge on any atom is 0.271 e. The van der Waals surface area contributed by atoms with E-state index in [0.29, 0.717) is 17.4 Å². The molecule has 8 nitrogen and oxygen atoms in total. The minimum absolute atomic E-state index is 0.0655. The van der Waals surface area contributed by atoms with Gasteiger partial charge in [-0.15, -0.1) is 0 Å². The van der Waals surface area contributed by atoms with Crippen molar-refractivity contribution in [2.75, 3.05) is 44.6 Å². The number of anilines is 1. The van der Waals surface area contributed by atoms with Crippen molar-refractivity contribution in [2.24, 2.45) is 0 Å². The molecule has 3 rings (SSSR count). The number of nitrogens with one attached hydrogen (secondary N) is 2. The number of piperazine rings is 1. The molecule has 1 amide bonds. The van der Waals surface area contributed by atoms with Crippen LogP contribution in [0.4, 0.5) is 11.4 Å². The van der Waals surface area contributed by atoms with Crippen molar-refractivity contribution in [3.05, 3.63) is 62.1 Å². The Morgan fingerprint density at radius 1 is 1.12 bits per heavy atom. The Labute approximate surface area is 205 Å². The number of nitro benzene ring substituents is 1. The summed E-state index contributed by atoms with van der Waals surface area (Å²) in [7, 11) is 0. The molecule has 2 N–H and O–H groups in total. The van der Waals surface area contributed by atoms with Crippen LogP contribution in [0.3, 0.4) is 0 Å². The van der Waals surface area contributed by atoms with Crippen molar-refractivity contribution in [2.45, 2.75) is 27.7 Å². The summed E-state index contributed by atoms with van der Waals surface area (Å²) in [5, 5.41) is 17.2. The molecule has 2 aromatic carbocycles. The molecule has 10 heteroatoms. The molecule has 0 aliphatic carbocycles. The summed E-state index contributed by atoms with van der Waals surface area (Å²) < 4.78 is 5.83. The molecule has 0 aromatic heterocycles. The molecule has 2 aromatic rings. The molecule has 1 heterocycles. The number of benzene rings is 2. The van der Waals surface area contributed by atoms with E-state index >= 15 is 0 Å². The van der Waals surface area contributed by atoms with E-state index < -0.39 is 10.8 Å². The monoisotopic (exact) mass is 498 g/mol. The third-order valence-corrected chi connectivity index (χ3v) is 5.02. The van der Waals surface area contributed by atoms with Gasteiger partial charge in [0.1, 0.15) is 12.4 Å². The first kappa shape index (κ1) is 28.6. The first-order valence-corrected chi connectivity index (χ1v) is 11.8. The number of carbonyl (C=O) groups is 1. The van der Waals surface area contributed by atoms with Crippen LogP contribution >= 0.6 is 23.2 Å². The lowest BCUT2D eigenvalue weighted by Gasteiger charge is -2.27. The summed E-state index contributed by atoms with van der Waals surface area (Å²) in [6.07, 6.45) is 0. The van der Waals surface area contributed by atoms with Crippen molar-refractivity contribution in [3.8, 4) is 5.75 Å². The molecule has 33 heavy (non-hydrogen) atoms. The summed E-state index contributed by atoms with van der Waals surface area (Å²) in [6, 6.07) is 8.64. The van der Waals surface area contributed by atoms with Gasteiger partial charge in [0, 0.05) is 49.9 Å². The highest BCUT2D eigenvalue weighted by Gasteiger charge is 2.17. The van der Waals surface area contributed by atoms with Gasteiger partial charge in [-0.3, -0.25) is 19.8 Å². The zero-order valence-electron chi connectivity index (χ0n) is 19.5. The smallest absolute Gasteiger partial charge is 0.271 e. The Hall–Kier alpha value is -2.39. The molecule has 1 saturated heterocycles. The largest absolute Gasteiger partial charge is 0.491 e. The fourth-order valence-electron chi connectivity index (χ4n) is 2.93. The second-order valence-electron chi connectivity index (χ2n) is 6.46. The number of hydrogen-bond acceptors (Lipinski definition) is 6. The Balaban J connectivity index is 0.00000129. The number of halogens is 2. The van der Waals surface area contributed by atoms with E-state index in [1.54, 1.807) is 12.1 Å². The van der Waals surface area contributed by atoms with Crippen LogP contribution in [0, 0.1) is 10.1 Å². The third kappa shape index (κ3) is 9.17. The molecule has 1 fully saturated rings. The topological polar surface area (TPSA) is 96.7 Å².